The van der Waals surface area contributed by atoms with E-state index < -0.39 is 11.8 Å². The van der Waals surface area contributed by atoms with Crippen LogP contribution in [0, 0.1) is 0 Å². The minimum absolute atomic E-state index is 0.290. The van der Waals surface area contributed by atoms with E-state index in [9.17, 15) is 9.59 Å². The molecular formula is C15H16N4O2. The molecule has 0 bridgehead atoms. The quantitative estimate of drug-likeness (QED) is 0.648. The molecule has 1 aromatic carbocycles. The van der Waals surface area contributed by atoms with Gasteiger partial charge >= 0.3 is 11.8 Å². The Labute approximate surface area is 122 Å². The number of H-pyrrole nitrogens is 1. The number of amides is 2. The molecule has 21 heavy (non-hydrogen) atoms. The van der Waals surface area contributed by atoms with Crippen molar-refractivity contribution in [1.29, 1.82) is 0 Å². The van der Waals surface area contributed by atoms with E-state index in [4.69, 9.17) is 0 Å². The predicted molar refractivity (Wildman–Crippen MR) is 81.7 cm³/mol. The minimum Gasteiger partial charge on any atom is -0.327 e. The van der Waals surface area contributed by atoms with Crippen molar-refractivity contribution in [3.05, 3.63) is 49.7 Å². The Morgan fingerprint density at radius 1 is 1.29 bits per heavy atom. The molecule has 2 rings (SSSR count). The van der Waals surface area contributed by atoms with Crippen LogP contribution in [0.4, 0.5) is 5.69 Å². The Balaban J connectivity index is 2.09. The summed E-state index contributed by atoms with van der Waals surface area (Å²) < 4.78 is 0. The van der Waals surface area contributed by atoms with Gasteiger partial charge in [0, 0.05) is 24.2 Å². The summed E-state index contributed by atoms with van der Waals surface area (Å²) in [4.78, 5) is 25.4. The maximum Gasteiger partial charge on any atom is 0.313 e. The van der Waals surface area contributed by atoms with Gasteiger partial charge in [0.1, 0.15) is 0 Å². The van der Waals surface area contributed by atoms with Gasteiger partial charge in [0.2, 0.25) is 0 Å². The number of nitrogens with zero attached hydrogens (tertiary/aromatic N) is 2. The molecule has 0 aliphatic heterocycles. The van der Waals surface area contributed by atoms with Gasteiger partial charge in [-0.1, -0.05) is 12.2 Å². The standard InChI is InChI=1S/C15H16N4O2/c1-3-7-19(8-4-2)15(21)14(20)17-12-6-5-11-10-16-18-13(11)9-12/h3-6,9-10H,1-2,7-8H2,(H,16,18)(H,17,20). The second-order valence-corrected chi connectivity index (χ2v) is 4.41. The van der Waals surface area contributed by atoms with Crippen molar-refractivity contribution in [2.75, 3.05) is 18.4 Å². The van der Waals surface area contributed by atoms with E-state index in [-0.39, 0.29) is 13.1 Å². The van der Waals surface area contributed by atoms with Crippen molar-refractivity contribution >= 4 is 28.4 Å². The number of hydrogen-bond acceptors (Lipinski definition) is 3. The maximum atomic E-state index is 12.0. The monoisotopic (exact) mass is 284 g/mol. The number of benzene rings is 1. The summed E-state index contributed by atoms with van der Waals surface area (Å²) in [5.41, 5.74) is 1.32. The molecule has 0 saturated carbocycles. The van der Waals surface area contributed by atoms with Crippen LogP contribution in [0.25, 0.3) is 10.9 Å². The van der Waals surface area contributed by atoms with Gasteiger partial charge in [-0.25, -0.2) is 0 Å². The fourth-order valence-electron chi connectivity index (χ4n) is 1.89. The number of aromatic nitrogens is 2. The molecule has 108 valence electrons. The second-order valence-electron chi connectivity index (χ2n) is 4.41. The molecule has 1 aromatic heterocycles. The highest BCUT2D eigenvalue weighted by atomic mass is 16.2. The minimum atomic E-state index is -0.697. The van der Waals surface area contributed by atoms with E-state index in [0.29, 0.717) is 5.69 Å². The zero-order chi connectivity index (χ0) is 15.2. The largest absolute Gasteiger partial charge is 0.327 e. The number of hydrogen-bond donors (Lipinski definition) is 2. The lowest BCUT2D eigenvalue weighted by Gasteiger charge is -2.18. The number of fused-ring (bicyclic) bond motifs is 1. The van der Waals surface area contributed by atoms with Gasteiger partial charge in [0.15, 0.2) is 0 Å². The highest BCUT2D eigenvalue weighted by Crippen LogP contribution is 2.16. The smallest absolute Gasteiger partial charge is 0.313 e. The van der Waals surface area contributed by atoms with Crippen LogP contribution in [0.2, 0.25) is 0 Å². The molecule has 2 N–H and O–H groups in total. The molecule has 0 saturated heterocycles. The summed E-state index contributed by atoms with van der Waals surface area (Å²) in [6.45, 7) is 7.71. The van der Waals surface area contributed by atoms with Gasteiger partial charge in [0.25, 0.3) is 0 Å². The third-order valence-electron chi connectivity index (χ3n) is 2.88. The normalized spacial score (nSPS) is 10.1. The van der Waals surface area contributed by atoms with Crippen LogP contribution in [0.1, 0.15) is 0 Å². The average molecular weight is 284 g/mol. The fraction of sp³-hybridized carbons (Fsp3) is 0.133. The highest BCUT2D eigenvalue weighted by molar-refractivity contribution is 6.39. The third-order valence-corrected chi connectivity index (χ3v) is 2.88. The Hall–Kier alpha value is -2.89. The first kappa shape index (κ1) is 14.5. The lowest BCUT2D eigenvalue weighted by molar-refractivity contribution is -0.142. The second kappa shape index (κ2) is 6.51. The van der Waals surface area contributed by atoms with Gasteiger partial charge in [0.05, 0.1) is 11.7 Å². The number of anilines is 1. The van der Waals surface area contributed by atoms with Crippen LogP contribution in [0.5, 0.6) is 0 Å². The zero-order valence-corrected chi connectivity index (χ0v) is 11.5. The first-order valence-corrected chi connectivity index (χ1v) is 6.41. The molecule has 2 aromatic rings. The SMILES string of the molecule is C=CCN(CC=C)C(=O)C(=O)Nc1ccc2cn[nH]c2c1. The number of aromatic amines is 1. The molecule has 6 nitrogen and oxygen atoms in total. The van der Waals surface area contributed by atoms with Crippen LogP contribution in [0.15, 0.2) is 49.7 Å². The molecule has 0 radical (unpaired) electrons. The molecule has 1 heterocycles. The van der Waals surface area contributed by atoms with Gasteiger partial charge in [-0.3, -0.25) is 14.7 Å². The van der Waals surface area contributed by atoms with Crippen molar-refractivity contribution in [3.63, 3.8) is 0 Å². The molecular weight excluding hydrogens is 268 g/mol. The van der Waals surface area contributed by atoms with Crippen molar-refractivity contribution in [2.24, 2.45) is 0 Å². The molecule has 0 spiro atoms. The van der Waals surface area contributed by atoms with Gasteiger partial charge in [-0.05, 0) is 18.2 Å². The summed E-state index contributed by atoms with van der Waals surface area (Å²) >= 11 is 0. The zero-order valence-electron chi connectivity index (χ0n) is 11.5. The maximum absolute atomic E-state index is 12.0. The van der Waals surface area contributed by atoms with E-state index in [1.807, 2.05) is 6.07 Å². The molecule has 2 amide bonds. The molecule has 0 aliphatic rings. The Bertz CT molecular complexity index is 680. The van der Waals surface area contributed by atoms with E-state index in [1.54, 1.807) is 30.5 Å². The Morgan fingerprint density at radius 3 is 2.67 bits per heavy atom. The molecule has 0 aliphatic carbocycles. The molecule has 0 fully saturated rings. The van der Waals surface area contributed by atoms with Gasteiger partial charge in [-0.2, -0.15) is 5.10 Å². The third kappa shape index (κ3) is 3.36. The fourth-order valence-corrected chi connectivity index (χ4v) is 1.89. The van der Waals surface area contributed by atoms with E-state index in [2.05, 4.69) is 28.7 Å². The Morgan fingerprint density at radius 2 is 2.00 bits per heavy atom. The summed E-state index contributed by atoms with van der Waals surface area (Å²) in [6.07, 6.45) is 4.80. The van der Waals surface area contributed by atoms with E-state index in [1.165, 1.54) is 4.90 Å². The summed E-state index contributed by atoms with van der Waals surface area (Å²) in [5, 5.41) is 10.2. The summed E-state index contributed by atoms with van der Waals surface area (Å²) in [7, 11) is 0. The van der Waals surface area contributed by atoms with E-state index in [0.717, 1.165) is 10.9 Å². The number of rotatable bonds is 5. The molecule has 0 unspecified atom stereocenters. The van der Waals surface area contributed by atoms with E-state index >= 15 is 0 Å². The van der Waals surface area contributed by atoms with Crippen molar-refractivity contribution < 1.29 is 9.59 Å². The number of carbonyl (C=O) groups is 2. The van der Waals surface area contributed by atoms with Crippen molar-refractivity contribution in [3.8, 4) is 0 Å². The highest BCUT2D eigenvalue weighted by Gasteiger charge is 2.20. The number of carbonyl (C=O) groups excluding carboxylic acids is 2. The summed E-state index contributed by atoms with van der Waals surface area (Å²) in [5.74, 6) is -1.32. The van der Waals surface area contributed by atoms with Gasteiger partial charge in [-0.15, -0.1) is 13.2 Å². The Kier molecular flexibility index (Phi) is 4.50. The number of nitrogens with one attached hydrogen (secondary N) is 2. The van der Waals surface area contributed by atoms with Crippen molar-refractivity contribution in [2.45, 2.75) is 0 Å². The first-order valence-electron chi connectivity index (χ1n) is 6.41. The molecule has 0 atom stereocenters. The first-order chi connectivity index (χ1) is 10.2. The van der Waals surface area contributed by atoms with Crippen LogP contribution < -0.4 is 5.32 Å². The predicted octanol–water partition coefficient (Wildman–Crippen LogP) is 1.70. The average Bonchev–Trinajstić information content (AvgIpc) is 2.93. The van der Waals surface area contributed by atoms with Crippen LogP contribution in [-0.4, -0.2) is 40.0 Å². The van der Waals surface area contributed by atoms with Crippen LogP contribution in [-0.2, 0) is 9.59 Å². The lowest BCUT2D eigenvalue weighted by Crippen LogP contribution is -2.39. The van der Waals surface area contributed by atoms with Crippen LogP contribution >= 0.6 is 0 Å². The lowest BCUT2D eigenvalue weighted by atomic mass is 10.2. The van der Waals surface area contributed by atoms with Crippen LogP contribution in [0.3, 0.4) is 0 Å². The molecule has 6 heteroatoms. The van der Waals surface area contributed by atoms with Gasteiger partial charge < -0.3 is 10.2 Å². The topological polar surface area (TPSA) is 78.1 Å². The van der Waals surface area contributed by atoms with Crippen molar-refractivity contribution in [1.82, 2.24) is 15.1 Å². The summed E-state index contributed by atoms with van der Waals surface area (Å²) in [6, 6.07) is 5.25.